The third-order valence-electron chi connectivity index (χ3n) is 2.32. The average molecular weight is 230 g/mol. The molecule has 15 heavy (non-hydrogen) atoms. The van der Waals surface area contributed by atoms with E-state index in [-0.39, 0.29) is 0 Å². The summed E-state index contributed by atoms with van der Waals surface area (Å²) in [6, 6.07) is 0. The van der Waals surface area contributed by atoms with E-state index in [4.69, 9.17) is 0 Å². The first kappa shape index (κ1) is 15.3. The van der Waals surface area contributed by atoms with E-state index >= 15 is 0 Å². The Morgan fingerprint density at radius 3 is 1.60 bits per heavy atom. The Morgan fingerprint density at radius 1 is 0.800 bits per heavy atom. The van der Waals surface area contributed by atoms with Gasteiger partial charge in [-0.05, 0) is 29.4 Å². The molecule has 0 bridgehead atoms. The quantitative estimate of drug-likeness (QED) is 0.625. The molecule has 0 aliphatic heterocycles. The molecule has 0 saturated heterocycles. The Balaban J connectivity index is 3.95. The SMILES string of the molecule is CC(C)(C)CC(C)(C)CCSC(C)(C)C. The summed E-state index contributed by atoms with van der Waals surface area (Å²) in [4.78, 5) is 0. The summed E-state index contributed by atoms with van der Waals surface area (Å²) in [6.45, 7) is 18.7. The van der Waals surface area contributed by atoms with Gasteiger partial charge in [-0.1, -0.05) is 55.4 Å². The highest BCUT2D eigenvalue weighted by molar-refractivity contribution is 8.00. The third kappa shape index (κ3) is 10.6. The van der Waals surface area contributed by atoms with Gasteiger partial charge in [0.2, 0.25) is 0 Å². The van der Waals surface area contributed by atoms with Crippen molar-refractivity contribution in [1.29, 1.82) is 0 Å². The standard InChI is InChI=1S/C14H30S/c1-12(2,3)11-14(7,8)9-10-15-13(4,5)6/h9-11H2,1-8H3. The van der Waals surface area contributed by atoms with Gasteiger partial charge < -0.3 is 0 Å². The molecule has 0 unspecified atom stereocenters. The Kier molecular flexibility index (Phi) is 5.24. The van der Waals surface area contributed by atoms with Gasteiger partial charge in [-0.2, -0.15) is 11.8 Å². The molecule has 0 saturated carbocycles. The van der Waals surface area contributed by atoms with Crippen molar-refractivity contribution in [3.05, 3.63) is 0 Å². The largest absolute Gasteiger partial charge is 0.156 e. The highest BCUT2D eigenvalue weighted by atomic mass is 32.2. The molecule has 0 aromatic carbocycles. The summed E-state index contributed by atoms with van der Waals surface area (Å²) < 4.78 is 0.414. The predicted molar refractivity (Wildman–Crippen MR) is 74.7 cm³/mol. The van der Waals surface area contributed by atoms with Gasteiger partial charge in [0.15, 0.2) is 0 Å². The van der Waals surface area contributed by atoms with Crippen LogP contribution >= 0.6 is 11.8 Å². The fourth-order valence-corrected chi connectivity index (χ4v) is 3.42. The van der Waals surface area contributed by atoms with Gasteiger partial charge in [-0.3, -0.25) is 0 Å². The minimum Gasteiger partial charge on any atom is -0.156 e. The minimum atomic E-state index is 0.414. The van der Waals surface area contributed by atoms with E-state index in [0.717, 1.165) is 0 Å². The van der Waals surface area contributed by atoms with E-state index in [9.17, 15) is 0 Å². The fraction of sp³-hybridized carbons (Fsp3) is 1.00. The summed E-state index contributed by atoms with van der Waals surface area (Å²) in [5.74, 6) is 1.28. The van der Waals surface area contributed by atoms with Crippen molar-refractivity contribution in [2.45, 2.75) is 73.0 Å². The molecule has 0 aromatic rings. The first-order valence-corrected chi connectivity index (χ1v) is 7.04. The molecule has 0 radical (unpaired) electrons. The average Bonchev–Trinajstić information content (AvgIpc) is 1.75. The molecule has 0 fully saturated rings. The molecular formula is C14H30S. The van der Waals surface area contributed by atoms with Gasteiger partial charge >= 0.3 is 0 Å². The monoisotopic (exact) mass is 230 g/mol. The van der Waals surface area contributed by atoms with Gasteiger partial charge in [0, 0.05) is 4.75 Å². The summed E-state index contributed by atoms with van der Waals surface area (Å²) in [6.07, 6.45) is 2.64. The molecule has 0 aliphatic carbocycles. The van der Waals surface area contributed by atoms with Crippen molar-refractivity contribution >= 4 is 11.8 Å². The highest BCUT2D eigenvalue weighted by Gasteiger charge is 2.25. The number of hydrogen-bond donors (Lipinski definition) is 0. The first-order valence-electron chi connectivity index (χ1n) is 6.05. The van der Waals surface area contributed by atoms with E-state index in [0.29, 0.717) is 15.6 Å². The Labute approximate surface area is 102 Å². The lowest BCUT2D eigenvalue weighted by Gasteiger charge is -2.33. The fourth-order valence-electron chi connectivity index (χ4n) is 2.16. The zero-order valence-corrected chi connectivity index (χ0v) is 12.8. The highest BCUT2D eigenvalue weighted by Crippen LogP contribution is 2.37. The topological polar surface area (TPSA) is 0 Å². The normalized spacial score (nSPS) is 14.4. The van der Waals surface area contributed by atoms with Gasteiger partial charge in [0.1, 0.15) is 0 Å². The lowest BCUT2D eigenvalue weighted by atomic mass is 9.75. The molecule has 0 amide bonds. The third-order valence-corrected chi connectivity index (χ3v) is 3.60. The molecule has 0 spiro atoms. The zero-order valence-electron chi connectivity index (χ0n) is 12.0. The molecule has 0 rings (SSSR count). The summed E-state index contributed by atoms with van der Waals surface area (Å²) in [5.41, 5.74) is 0.937. The predicted octanol–water partition coefficient (Wildman–Crippen LogP) is 5.37. The van der Waals surface area contributed by atoms with Crippen LogP contribution in [0.2, 0.25) is 0 Å². The van der Waals surface area contributed by atoms with Crippen LogP contribution in [0.1, 0.15) is 68.2 Å². The van der Waals surface area contributed by atoms with Crippen molar-refractivity contribution in [1.82, 2.24) is 0 Å². The summed E-state index contributed by atoms with van der Waals surface area (Å²) in [7, 11) is 0. The smallest absolute Gasteiger partial charge is 0.00750 e. The van der Waals surface area contributed by atoms with Gasteiger partial charge in [-0.15, -0.1) is 0 Å². The Hall–Kier alpha value is 0.350. The Bertz CT molecular complexity index is 178. The van der Waals surface area contributed by atoms with Crippen LogP contribution < -0.4 is 0 Å². The molecule has 0 nitrogen and oxygen atoms in total. The van der Waals surface area contributed by atoms with Crippen LogP contribution in [0.25, 0.3) is 0 Å². The number of hydrogen-bond acceptors (Lipinski definition) is 1. The second kappa shape index (κ2) is 5.12. The van der Waals surface area contributed by atoms with Crippen molar-refractivity contribution in [2.75, 3.05) is 5.75 Å². The van der Waals surface area contributed by atoms with Gasteiger partial charge in [-0.25, -0.2) is 0 Å². The van der Waals surface area contributed by atoms with Crippen molar-refractivity contribution in [2.24, 2.45) is 10.8 Å². The van der Waals surface area contributed by atoms with Crippen LogP contribution in [0.3, 0.4) is 0 Å². The van der Waals surface area contributed by atoms with Gasteiger partial charge in [0.05, 0.1) is 0 Å². The maximum absolute atomic E-state index is 2.40. The maximum atomic E-state index is 2.40. The Morgan fingerprint density at radius 2 is 1.27 bits per heavy atom. The molecule has 92 valence electrons. The molecule has 0 aliphatic rings. The molecule has 1 heteroatoms. The lowest BCUT2D eigenvalue weighted by Crippen LogP contribution is -2.22. The summed E-state index contributed by atoms with van der Waals surface area (Å²) in [5, 5.41) is 0. The van der Waals surface area contributed by atoms with Crippen LogP contribution in [0.5, 0.6) is 0 Å². The minimum absolute atomic E-state index is 0.414. The van der Waals surface area contributed by atoms with Crippen LogP contribution in [0.4, 0.5) is 0 Å². The molecule has 0 aromatic heterocycles. The van der Waals surface area contributed by atoms with E-state index in [2.05, 4.69) is 67.2 Å². The van der Waals surface area contributed by atoms with E-state index < -0.39 is 0 Å². The van der Waals surface area contributed by atoms with Crippen molar-refractivity contribution in [3.8, 4) is 0 Å². The molecule has 0 N–H and O–H groups in total. The van der Waals surface area contributed by atoms with Crippen molar-refractivity contribution < 1.29 is 0 Å². The van der Waals surface area contributed by atoms with Crippen molar-refractivity contribution in [3.63, 3.8) is 0 Å². The first-order chi connectivity index (χ1) is 6.41. The zero-order chi connectivity index (χ0) is 12.3. The van der Waals surface area contributed by atoms with E-state index in [1.807, 2.05) is 0 Å². The number of thioether (sulfide) groups is 1. The van der Waals surface area contributed by atoms with E-state index in [1.54, 1.807) is 0 Å². The van der Waals surface area contributed by atoms with Crippen LogP contribution in [0, 0.1) is 10.8 Å². The second-order valence-electron chi connectivity index (χ2n) is 7.61. The molecule has 0 atom stereocenters. The lowest BCUT2D eigenvalue weighted by molar-refractivity contribution is 0.207. The van der Waals surface area contributed by atoms with Gasteiger partial charge in [0.25, 0.3) is 0 Å². The maximum Gasteiger partial charge on any atom is 0.00750 e. The van der Waals surface area contributed by atoms with Crippen LogP contribution in [-0.4, -0.2) is 10.5 Å². The second-order valence-corrected chi connectivity index (χ2v) is 9.53. The van der Waals surface area contributed by atoms with Crippen LogP contribution in [0.15, 0.2) is 0 Å². The molecular weight excluding hydrogens is 200 g/mol. The van der Waals surface area contributed by atoms with Crippen LogP contribution in [-0.2, 0) is 0 Å². The molecule has 0 heterocycles. The van der Waals surface area contributed by atoms with E-state index in [1.165, 1.54) is 18.6 Å². The number of rotatable bonds is 4. The summed E-state index contributed by atoms with van der Waals surface area (Å²) >= 11 is 2.09.